The first-order valence-corrected chi connectivity index (χ1v) is 10.1. The first-order chi connectivity index (χ1) is 11.7. The molecular formula is C21H33NO3. The van der Waals surface area contributed by atoms with Gasteiger partial charge in [0.1, 0.15) is 0 Å². The number of carbonyl (C=O) groups is 1. The third kappa shape index (κ3) is 2.22. The third-order valence-electron chi connectivity index (χ3n) is 8.76. The number of β-amino-alcohol motifs (C(OH)–C–C–N with tert-alkyl or cyclic N) is 1. The van der Waals surface area contributed by atoms with Crippen LogP contribution < -0.4 is 0 Å². The van der Waals surface area contributed by atoms with Gasteiger partial charge in [0.05, 0.1) is 12.2 Å². The number of rotatable bonds is 2. The third-order valence-corrected chi connectivity index (χ3v) is 8.76. The summed E-state index contributed by atoms with van der Waals surface area (Å²) < 4.78 is 0. The number of hydrogen-bond acceptors (Lipinski definition) is 3. The predicted molar refractivity (Wildman–Crippen MR) is 96.5 cm³/mol. The number of carbonyl (C=O) groups excluding carboxylic acids is 1. The topological polar surface area (TPSA) is 60.8 Å². The molecule has 1 amide bonds. The van der Waals surface area contributed by atoms with E-state index < -0.39 is 5.60 Å². The summed E-state index contributed by atoms with van der Waals surface area (Å²) in [5, 5.41) is 20.4. The van der Waals surface area contributed by atoms with Crippen molar-refractivity contribution in [3.63, 3.8) is 0 Å². The lowest BCUT2D eigenvalue weighted by molar-refractivity contribution is -0.141. The molecule has 0 aromatic heterocycles. The zero-order valence-corrected chi connectivity index (χ0v) is 15.9. The first kappa shape index (κ1) is 17.5. The van der Waals surface area contributed by atoms with Crippen LogP contribution in [0.2, 0.25) is 0 Å². The number of piperidine rings is 1. The highest BCUT2D eigenvalue weighted by Crippen LogP contribution is 2.66. The summed E-state index contributed by atoms with van der Waals surface area (Å²) in [6, 6.07) is 0. The van der Waals surface area contributed by atoms with Gasteiger partial charge in [-0.3, -0.25) is 4.79 Å². The van der Waals surface area contributed by atoms with Crippen LogP contribution in [-0.2, 0) is 4.79 Å². The van der Waals surface area contributed by atoms with Gasteiger partial charge in [-0.1, -0.05) is 19.9 Å². The monoisotopic (exact) mass is 347 g/mol. The van der Waals surface area contributed by atoms with Crippen molar-refractivity contribution in [3.8, 4) is 0 Å². The van der Waals surface area contributed by atoms with Crippen molar-refractivity contribution in [2.24, 2.45) is 28.6 Å². The van der Waals surface area contributed by atoms with Gasteiger partial charge in [-0.15, -0.1) is 0 Å². The normalized spacial score (nSPS) is 49.3. The number of allylic oxidation sites excluding steroid dienone is 2. The van der Waals surface area contributed by atoms with E-state index in [1.807, 2.05) is 11.8 Å². The molecule has 4 rings (SSSR count). The van der Waals surface area contributed by atoms with E-state index in [1.165, 1.54) is 5.70 Å². The standard InChI is InChI=1S/C21H33NO3/c1-19-9-8-18(24)22(12-13-23)17(19)5-4-14-15(19)6-10-20(2)16(14)7-11-21(20,3)25/h5,14-16,23,25H,4,6-13H2,1-3H3/t14-,15+,16+,19-,20+,21+/m1/s1. The Bertz CT molecular complexity index is 612. The second-order valence-electron chi connectivity index (χ2n) is 9.66. The summed E-state index contributed by atoms with van der Waals surface area (Å²) in [7, 11) is 0. The summed E-state index contributed by atoms with van der Waals surface area (Å²) in [6.07, 6.45) is 9.11. The lowest BCUT2D eigenvalue weighted by Gasteiger charge is -2.59. The van der Waals surface area contributed by atoms with E-state index in [-0.39, 0.29) is 23.3 Å². The molecule has 4 nitrogen and oxygen atoms in total. The van der Waals surface area contributed by atoms with Crippen molar-refractivity contribution in [3.05, 3.63) is 11.8 Å². The van der Waals surface area contributed by atoms with Crippen molar-refractivity contribution in [1.29, 1.82) is 0 Å². The van der Waals surface area contributed by atoms with E-state index in [9.17, 15) is 15.0 Å². The Kier molecular flexibility index (Phi) is 3.90. The number of amides is 1. The molecule has 0 spiro atoms. The molecule has 140 valence electrons. The minimum Gasteiger partial charge on any atom is -0.395 e. The first-order valence-electron chi connectivity index (χ1n) is 10.1. The van der Waals surface area contributed by atoms with Gasteiger partial charge in [0.25, 0.3) is 0 Å². The highest BCUT2D eigenvalue weighted by atomic mass is 16.3. The van der Waals surface area contributed by atoms with Crippen LogP contribution in [0.3, 0.4) is 0 Å². The lowest BCUT2D eigenvalue weighted by Crippen LogP contribution is -2.56. The Morgan fingerprint density at radius 3 is 2.60 bits per heavy atom. The van der Waals surface area contributed by atoms with E-state index in [0.717, 1.165) is 38.5 Å². The van der Waals surface area contributed by atoms with E-state index in [0.29, 0.717) is 30.7 Å². The molecule has 3 aliphatic carbocycles. The molecule has 0 aromatic carbocycles. The minimum atomic E-state index is -0.543. The Hall–Kier alpha value is -0.870. The molecule has 0 unspecified atom stereocenters. The summed E-state index contributed by atoms with van der Waals surface area (Å²) >= 11 is 0. The largest absolute Gasteiger partial charge is 0.395 e. The van der Waals surface area contributed by atoms with Gasteiger partial charge >= 0.3 is 0 Å². The van der Waals surface area contributed by atoms with Crippen LogP contribution in [0, 0.1) is 28.6 Å². The number of likely N-dealkylation sites (tertiary alicyclic amines) is 1. The van der Waals surface area contributed by atoms with Gasteiger partial charge in [0.2, 0.25) is 5.91 Å². The van der Waals surface area contributed by atoms with Crippen LogP contribution >= 0.6 is 0 Å². The van der Waals surface area contributed by atoms with Gasteiger partial charge in [-0.05, 0) is 68.6 Å². The summed E-state index contributed by atoms with van der Waals surface area (Å²) in [5.74, 6) is 1.96. The Morgan fingerprint density at radius 2 is 1.88 bits per heavy atom. The average Bonchev–Trinajstić information content (AvgIpc) is 2.81. The van der Waals surface area contributed by atoms with Crippen LogP contribution in [0.1, 0.15) is 65.7 Å². The minimum absolute atomic E-state index is 0.0246. The SMILES string of the molecule is C[C@]12CCC(=O)N(CCO)C1=CC[C@@H]1[C@@H]2CC[C@@]2(C)[C@H]1CC[C@]2(C)O. The lowest BCUT2D eigenvalue weighted by atomic mass is 9.48. The second-order valence-corrected chi connectivity index (χ2v) is 9.66. The molecule has 2 N–H and O–H groups in total. The van der Waals surface area contributed by atoms with Crippen molar-refractivity contribution in [2.75, 3.05) is 13.2 Å². The molecule has 2 saturated carbocycles. The van der Waals surface area contributed by atoms with Gasteiger partial charge in [-0.25, -0.2) is 0 Å². The smallest absolute Gasteiger partial charge is 0.226 e. The number of aliphatic hydroxyl groups excluding tert-OH is 1. The van der Waals surface area contributed by atoms with Crippen molar-refractivity contribution < 1.29 is 15.0 Å². The van der Waals surface area contributed by atoms with Crippen LogP contribution in [0.25, 0.3) is 0 Å². The predicted octanol–water partition coefficient (Wildman–Crippen LogP) is 3.09. The zero-order valence-electron chi connectivity index (χ0n) is 15.9. The average molecular weight is 347 g/mol. The number of aliphatic hydroxyl groups is 2. The van der Waals surface area contributed by atoms with Crippen LogP contribution in [0.15, 0.2) is 11.8 Å². The van der Waals surface area contributed by atoms with Crippen LogP contribution in [0.5, 0.6) is 0 Å². The summed E-state index contributed by atoms with van der Waals surface area (Å²) in [4.78, 5) is 14.3. The van der Waals surface area contributed by atoms with Crippen molar-refractivity contribution in [1.82, 2.24) is 4.90 Å². The zero-order chi connectivity index (χ0) is 18.0. The maximum atomic E-state index is 12.4. The fraction of sp³-hybridized carbons (Fsp3) is 0.857. The molecule has 4 heteroatoms. The Labute approximate surface area is 151 Å². The molecule has 0 radical (unpaired) electrons. The van der Waals surface area contributed by atoms with Crippen LogP contribution in [-0.4, -0.2) is 39.8 Å². The highest BCUT2D eigenvalue weighted by Gasteiger charge is 2.62. The van der Waals surface area contributed by atoms with Crippen LogP contribution in [0.4, 0.5) is 0 Å². The van der Waals surface area contributed by atoms with Gasteiger partial charge < -0.3 is 15.1 Å². The molecule has 1 saturated heterocycles. The molecule has 0 bridgehead atoms. The number of hydrogen-bond donors (Lipinski definition) is 2. The van der Waals surface area contributed by atoms with E-state index in [2.05, 4.69) is 19.9 Å². The van der Waals surface area contributed by atoms with Gasteiger partial charge in [-0.2, -0.15) is 0 Å². The Morgan fingerprint density at radius 1 is 1.16 bits per heavy atom. The maximum Gasteiger partial charge on any atom is 0.226 e. The second kappa shape index (κ2) is 5.56. The Balaban J connectivity index is 1.70. The summed E-state index contributed by atoms with van der Waals surface area (Å²) in [5.41, 5.74) is 0.707. The molecule has 4 aliphatic rings. The molecule has 1 heterocycles. The fourth-order valence-electron chi connectivity index (χ4n) is 7.03. The van der Waals surface area contributed by atoms with Crippen molar-refractivity contribution in [2.45, 2.75) is 71.3 Å². The molecule has 1 aliphatic heterocycles. The maximum absolute atomic E-state index is 12.4. The van der Waals surface area contributed by atoms with Gasteiger partial charge in [0, 0.05) is 24.1 Å². The molecular weight excluding hydrogens is 314 g/mol. The van der Waals surface area contributed by atoms with E-state index >= 15 is 0 Å². The fourth-order valence-corrected chi connectivity index (χ4v) is 7.03. The molecule has 6 atom stereocenters. The molecule has 0 aromatic rings. The molecule has 25 heavy (non-hydrogen) atoms. The van der Waals surface area contributed by atoms with Gasteiger partial charge in [0.15, 0.2) is 0 Å². The van der Waals surface area contributed by atoms with Crippen molar-refractivity contribution >= 4 is 5.91 Å². The number of fused-ring (bicyclic) bond motifs is 5. The highest BCUT2D eigenvalue weighted by molar-refractivity contribution is 5.80. The quantitative estimate of drug-likeness (QED) is 0.807. The van der Waals surface area contributed by atoms with E-state index in [4.69, 9.17) is 0 Å². The summed E-state index contributed by atoms with van der Waals surface area (Å²) in [6.45, 7) is 7.15. The molecule has 3 fully saturated rings. The van der Waals surface area contributed by atoms with E-state index in [1.54, 1.807) is 0 Å². The number of nitrogens with zero attached hydrogens (tertiary/aromatic N) is 1.